The lowest BCUT2D eigenvalue weighted by molar-refractivity contribution is 0.311. The van der Waals surface area contributed by atoms with Crippen LogP contribution in [0.2, 0.25) is 0 Å². The summed E-state index contributed by atoms with van der Waals surface area (Å²) in [6, 6.07) is 4.06. The lowest BCUT2D eigenvalue weighted by atomic mass is 10.1. The predicted molar refractivity (Wildman–Crippen MR) is 97.7 cm³/mol. The standard InChI is InChI=1S/C17H24N6O2/c1-12(2)19-16-20-15(18-7-9-24)21-17(22-16)23-8-3-5-13(11-23)14-6-4-10-25-14/h4-6,10,12,24H,3,7-9,11H2,1-2H3,(H2,18,19,20,21,22). The Morgan fingerprint density at radius 2 is 2.12 bits per heavy atom. The van der Waals surface area contributed by atoms with Crippen molar-refractivity contribution in [3.63, 3.8) is 0 Å². The molecule has 0 saturated heterocycles. The van der Waals surface area contributed by atoms with Crippen molar-refractivity contribution in [1.29, 1.82) is 0 Å². The van der Waals surface area contributed by atoms with Crippen LogP contribution in [0.15, 0.2) is 28.9 Å². The van der Waals surface area contributed by atoms with Crippen molar-refractivity contribution in [1.82, 2.24) is 15.0 Å². The zero-order valence-electron chi connectivity index (χ0n) is 14.6. The fourth-order valence-corrected chi connectivity index (χ4v) is 2.63. The monoisotopic (exact) mass is 344 g/mol. The van der Waals surface area contributed by atoms with E-state index in [0.717, 1.165) is 24.3 Å². The maximum atomic E-state index is 9.02. The minimum atomic E-state index is 0.0169. The molecule has 0 aromatic carbocycles. The fourth-order valence-electron chi connectivity index (χ4n) is 2.63. The van der Waals surface area contributed by atoms with Crippen LogP contribution in [0.5, 0.6) is 0 Å². The van der Waals surface area contributed by atoms with Gasteiger partial charge >= 0.3 is 0 Å². The molecule has 3 rings (SSSR count). The summed E-state index contributed by atoms with van der Waals surface area (Å²) >= 11 is 0. The highest BCUT2D eigenvalue weighted by Crippen LogP contribution is 2.24. The summed E-state index contributed by atoms with van der Waals surface area (Å²) in [5.74, 6) is 2.46. The van der Waals surface area contributed by atoms with Gasteiger partial charge in [-0.1, -0.05) is 6.08 Å². The summed E-state index contributed by atoms with van der Waals surface area (Å²) in [5.41, 5.74) is 1.12. The molecule has 0 amide bonds. The maximum Gasteiger partial charge on any atom is 0.232 e. The van der Waals surface area contributed by atoms with Crippen LogP contribution in [-0.4, -0.2) is 52.3 Å². The van der Waals surface area contributed by atoms with Gasteiger partial charge in [0.1, 0.15) is 5.76 Å². The Labute approximate surface area is 147 Å². The first-order chi connectivity index (χ1) is 12.2. The summed E-state index contributed by atoms with van der Waals surface area (Å²) < 4.78 is 5.51. The molecule has 0 unspecified atom stereocenters. The van der Waals surface area contributed by atoms with E-state index in [4.69, 9.17) is 9.52 Å². The van der Waals surface area contributed by atoms with Crippen molar-refractivity contribution in [2.75, 3.05) is 41.8 Å². The van der Waals surface area contributed by atoms with Crippen molar-refractivity contribution in [3.8, 4) is 0 Å². The van der Waals surface area contributed by atoms with Crippen molar-refractivity contribution in [2.24, 2.45) is 0 Å². The maximum absolute atomic E-state index is 9.02. The Morgan fingerprint density at radius 3 is 2.84 bits per heavy atom. The Hall–Kier alpha value is -2.61. The number of furan rings is 1. The first-order valence-electron chi connectivity index (χ1n) is 8.51. The number of nitrogens with one attached hydrogen (secondary N) is 2. The second kappa shape index (κ2) is 7.98. The normalized spacial score (nSPS) is 14.6. The third-order valence-electron chi connectivity index (χ3n) is 3.71. The van der Waals surface area contributed by atoms with Crippen LogP contribution in [0.25, 0.3) is 5.57 Å². The Bertz CT molecular complexity index is 714. The lowest BCUT2D eigenvalue weighted by Crippen LogP contribution is -2.31. The molecular formula is C17H24N6O2. The average molecular weight is 344 g/mol. The van der Waals surface area contributed by atoms with E-state index in [1.807, 2.05) is 26.0 Å². The molecule has 8 nitrogen and oxygen atoms in total. The SMILES string of the molecule is CC(C)Nc1nc(NCCO)nc(N2CCC=C(c3ccco3)C2)n1. The number of anilines is 3. The van der Waals surface area contributed by atoms with Crippen LogP contribution in [0.1, 0.15) is 26.0 Å². The number of nitrogens with zero attached hydrogens (tertiary/aromatic N) is 4. The summed E-state index contributed by atoms with van der Waals surface area (Å²) in [6.45, 7) is 5.98. The first-order valence-corrected chi connectivity index (χ1v) is 8.51. The van der Waals surface area contributed by atoms with Crippen LogP contribution in [0.3, 0.4) is 0 Å². The molecule has 0 atom stereocenters. The highest BCUT2D eigenvalue weighted by molar-refractivity contribution is 5.67. The second-order valence-electron chi connectivity index (χ2n) is 6.15. The number of aliphatic hydroxyl groups is 1. The highest BCUT2D eigenvalue weighted by Gasteiger charge is 2.20. The number of rotatable bonds is 7. The van der Waals surface area contributed by atoms with E-state index in [1.54, 1.807) is 6.26 Å². The highest BCUT2D eigenvalue weighted by atomic mass is 16.3. The average Bonchev–Trinajstić information content (AvgIpc) is 3.14. The molecule has 0 spiro atoms. The minimum Gasteiger partial charge on any atom is -0.465 e. The Kier molecular flexibility index (Phi) is 5.49. The zero-order valence-corrected chi connectivity index (χ0v) is 14.6. The van der Waals surface area contributed by atoms with Gasteiger partial charge in [-0.15, -0.1) is 0 Å². The molecule has 0 saturated carbocycles. The first kappa shape index (κ1) is 17.2. The molecule has 1 aliphatic rings. The summed E-state index contributed by atoms with van der Waals surface area (Å²) in [4.78, 5) is 15.5. The zero-order chi connectivity index (χ0) is 17.6. The van der Waals surface area contributed by atoms with E-state index in [9.17, 15) is 0 Å². The molecule has 25 heavy (non-hydrogen) atoms. The predicted octanol–water partition coefficient (Wildman–Crippen LogP) is 1.98. The number of aromatic nitrogens is 3. The molecule has 2 aromatic rings. The van der Waals surface area contributed by atoms with Gasteiger partial charge in [0.05, 0.1) is 12.9 Å². The lowest BCUT2D eigenvalue weighted by Gasteiger charge is -2.27. The third kappa shape index (κ3) is 4.48. The number of hydrogen-bond donors (Lipinski definition) is 3. The van der Waals surface area contributed by atoms with Gasteiger partial charge in [0.2, 0.25) is 17.8 Å². The molecule has 0 fully saturated rings. The van der Waals surface area contributed by atoms with Gasteiger partial charge in [-0.2, -0.15) is 15.0 Å². The van der Waals surface area contributed by atoms with E-state index in [2.05, 4.69) is 36.6 Å². The molecule has 0 radical (unpaired) electrons. The molecule has 8 heteroatoms. The number of aliphatic hydroxyl groups excluding tert-OH is 1. The van der Waals surface area contributed by atoms with E-state index >= 15 is 0 Å². The Morgan fingerprint density at radius 1 is 1.28 bits per heavy atom. The van der Waals surface area contributed by atoms with Gasteiger partial charge in [-0.3, -0.25) is 0 Å². The van der Waals surface area contributed by atoms with E-state index in [0.29, 0.717) is 30.9 Å². The summed E-state index contributed by atoms with van der Waals surface area (Å²) in [5, 5.41) is 15.3. The van der Waals surface area contributed by atoms with Crippen LogP contribution in [0.4, 0.5) is 17.8 Å². The van der Waals surface area contributed by atoms with Crippen molar-refractivity contribution < 1.29 is 9.52 Å². The van der Waals surface area contributed by atoms with Crippen LogP contribution in [-0.2, 0) is 0 Å². The van der Waals surface area contributed by atoms with Crippen LogP contribution < -0.4 is 15.5 Å². The van der Waals surface area contributed by atoms with Crippen molar-refractivity contribution in [2.45, 2.75) is 26.3 Å². The van der Waals surface area contributed by atoms with Gasteiger partial charge in [0.25, 0.3) is 0 Å². The van der Waals surface area contributed by atoms with Gasteiger partial charge < -0.3 is 25.1 Å². The van der Waals surface area contributed by atoms with Crippen LogP contribution in [0, 0.1) is 0 Å². The van der Waals surface area contributed by atoms with E-state index in [-0.39, 0.29) is 12.6 Å². The van der Waals surface area contributed by atoms with Crippen molar-refractivity contribution in [3.05, 3.63) is 30.2 Å². The largest absolute Gasteiger partial charge is 0.465 e. The molecule has 0 bridgehead atoms. The minimum absolute atomic E-state index is 0.0169. The Balaban J connectivity index is 1.83. The summed E-state index contributed by atoms with van der Waals surface area (Å²) in [7, 11) is 0. The van der Waals surface area contributed by atoms with E-state index in [1.165, 1.54) is 0 Å². The van der Waals surface area contributed by atoms with Crippen molar-refractivity contribution >= 4 is 23.4 Å². The smallest absolute Gasteiger partial charge is 0.232 e. The van der Waals surface area contributed by atoms with Gasteiger partial charge in [0, 0.05) is 31.2 Å². The molecule has 2 aromatic heterocycles. The molecule has 134 valence electrons. The molecule has 3 heterocycles. The van der Waals surface area contributed by atoms with Gasteiger partial charge in [-0.25, -0.2) is 0 Å². The molecule has 1 aliphatic heterocycles. The molecule has 3 N–H and O–H groups in total. The van der Waals surface area contributed by atoms with Gasteiger partial charge in [-0.05, 0) is 32.4 Å². The molecule has 0 aliphatic carbocycles. The third-order valence-corrected chi connectivity index (χ3v) is 3.71. The quantitative estimate of drug-likeness (QED) is 0.701. The van der Waals surface area contributed by atoms with E-state index < -0.39 is 0 Å². The van der Waals surface area contributed by atoms with Gasteiger partial charge in [0.15, 0.2) is 0 Å². The van der Waals surface area contributed by atoms with Crippen LogP contribution >= 0.6 is 0 Å². The topological polar surface area (TPSA) is 99.3 Å². The summed E-state index contributed by atoms with van der Waals surface area (Å²) in [6.07, 6.45) is 4.77. The number of hydrogen-bond acceptors (Lipinski definition) is 8. The molecular weight excluding hydrogens is 320 g/mol. The fraction of sp³-hybridized carbons (Fsp3) is 0.471. The second-order valence-corrected chi connectivity index (χ2v) is 6.15.